The van der Waals surface area contributed by atoms with E-state index in [9.17, 15) is 4.79 Å². The molecule has 0 rings (SSSR count). The molecule has 0 spiro atoms. The van der Waals surface area contributed by atoms with E-state index >= 15 is 0 Å². The van der Waals surface area contributed by atoms with Gasteiger partial charge in [-0.2, -0.15) is 0 Å². The summed E-state index contributed by atoms with van der Waals surface area (Å²) in [7, 11) is 0. The third-order valence-electron chi connectivity index (χ3n) is 4.17. The quantitative estimate of drug-likeness (QED) is 0.112. The number of unbranched alkanes of at least 4 members (excludes halogenated alkanes) is 13. The van der Waals surface area contributed by atoms with Crippen LogP contribution < -0.4 is 0 Å². The number of halogens is 1. The van der Waals surface area contributed by atoms with E-state index in [0.29, 0.717) is 0 Å². The van der Waals surface area contributed by atoms with E-state index in [1.165, 1.54) is 89.5 Å². The Morgan fingerprint density at radius 1 is 0.667 bits per heavy atom. The lowest BCUT2D eigenvalue weighted by Gasteiger charge is -2.02. The fraction of sp³-hybridized carbons (Fsp3) is 0.682. The van der Waals surface area contributed by atoms with Gasteiger partial charge in [0.2, 0.25) is 5.24 Å². The summed E-state index contributed by atoms with van der Waals surface area (Å²) < 4.78 is 0. The van der Waals surface area contributed by atoms with Crippen molar-refractivity contribution >= 4 is 16.8 Å². The molecule has 0 heterocycles. The van der Waals surface area contributed by atoms with Gasteiger partial charge >= 0.3 is 0 Å². The molecule has 0 saturated carbocycles. The van der Waals surface area contributed by atoms with Crippen LogP contribution in [0.5, 0.6) is 0 Å². The van der Waals surface area contributed by atoms with Crippen LogP contribution in [0.1, 0.15) is 96.8 Å². The number of allylic oxidation sites excluding steroid dienone is 6. The normalized spacial score (nSPS) is 12.1. The number of carbonyl (C=O) groups excluding carboxylic acids is 1. The van der Waals surface area contributed by atoms with Crippen molar-refractivity contribution in [3.63, 3.8) is 0 Å². The van der Waals surface area contributed by atoms with Gasteiger partial charge in [0.05, 0.1) is 0 Å². The highest BCUT2D eigenvalue weighted by Crippen LogP contribution is 2.12. The first-order chi connectivity index (χ1) is 11.8. The second-order valence-corrected chi connectivity index (χ2v) is 6.88. The minimum Gasteiger partial charge on any atom is -0.276 e. The Kier molecular flexibility index (Phi) is 19.5. The van der Waals surface area contributed by atoms with Crippen molar-refractivity contribution in [2.24, 2.45) is 0 Å². The molecule has 0 saturated heterocycles. The maximum atomic E-state index is 10.5. The number of rotatable bonds is 17. The minimum atomic E-state index is -0.435. The first-order valence-corrected chi connectivity index (χ1v) is 10.3. The lowest BCUT2D eigenvalue weighted by Crippen LogP contribution is -1.82. The monoisotopic (exact) mass is 352 g/mol. The van der Waals surface area contributed by atoms with Gasteiger partial charge in [-0.25, -0.2) is 0 Å². The smallest absolute Gasteiger partial charge is 0.245 e. The Hall–Kier alpha value is -0.820. The molecule has 0 unspecified atom stereocenters. The fourth-order valence-electron chi connectivity index (χ4n) is 2.71. The molecular formula is C22H37ClO. The molecule has 0 aromatic carbocycles. The summed E-state index contributed by atoms with van der Waals surface area (Å²) in [5.74, 6) is 0. The predicted molar refractivity (Wildman–Crippen MR) is 109 cm³/mol. The van der Waals surface area contributed by atoms with Crippen molar-refractivity contribution in [1.82, 2.24) is 0 Å². The second-order valence-electron chi connectivity index (χ2n) is 6.51. The van der Waals surface area contributed by atoms with Gasteiger partial charge in [0.15, 0.2) is 0 Å². The molecule has 0 N–H and O–H groups in total. The summed E-state index contributed by atoms with van der Waals surface area (Å²) >= 11 is 5.18. The topological polar surface area (TPSA) is 17.1 Å². The van der Waals surface area contributed by atoms with Gasteiger partial charge in [-0.1, -0.05) is 114 Å². The zero-order chi connectivity index (χ0) is 17.7. The summed E-state index contributed by atoms with van der Waals surface area (Å²) in [5.41, 5.74) is 0. The Bertz CT molecular complexity index is 355. The minimum absolute atomic E-state index is 0.435. The maximum absolute atomic E-state index is 10.5. The highest BCUT2D eigenvalue weighted by molar-refractivity contribution is 6.66. The lowest BCUT2D eigenvalue weighted by atomic mass is 10.0. The summed E-state index contributed by atoms with van der Waals surface area (Å²) in [6.07, 6.45) is 30.3. The van der Waals surface area contributed by atoms with Crippen LogP contribution in [0.3, 0.4) is 0 Å². The summed E-state index contributed by atoms with van der Waals surface area (Å²) in [6, 6.07) is 0. The molecule has 0 amide bonds. The molecular weight excluding hydrogens is 316 g/mol. The van der Waals surface area contributed by atoms with Crippen molar-refractivity contribution in [2.75, 3.05) is 0 Å². The van der Waals surface area contributed by atoms with Gasteiger partial charge in [0.1, 0.15) is 0 Å². The molecule has 0 bridgehead atoms. The Morgan fingerprint density at radius 2 is 1.12 bits per heavy atom. The zero-order valence-corrected chi connectivity index (χ0v) is 16.4. The molecule has 24 heavy (non-hydrogen) atoms. The predicted octanol–water partition coefficient (Wildman–Crippen LogP) is 7.90. The molecule has 0 atom stereocenters. The van der Waals surface area contributed by atoms with Crippen molar-refractivity contribution in [3.05, 3.63) is 36.5 Å². The lowest BCUT2D eigenvalue weighted by molar-refractivity contribution is -0.107. The molecule has 0 aliphatic carbocycles. The molecule has 1 nitrogen and oxygen atoms in total. The largest absolute Gasteiger partial charge is 0.276 e. The van der Waals surface area contributed by atoms with E-state index in [4.69, 9.17) is 11.6 Å². The van der Waals surface area contributed by atoms with Crippen molar-refractivity contribution in [1.29, 1.82) is 0 Å². The summed E-state index contributed by atoms with van der Waals surface area (Å²) in [6.45, 7) is 2.28. The summed E-state index contributed by atoms with van der Waals surface area (Å²) in [4.78, 5) is 10.5. The SMILES string of the molecule is CCCCCCCCCCCCCCC/C=C/C=C/C=C/C(=O)Cl. The molecule has 0 aromatic heterocycles. The first-order valence-electron chi connectivity index (χ1n) is 9.96. The van der Waals surface area contributed by atoms with Crippen LogP contribution in [-0.2, 0) is 4.79 Å². The third-order valence-corrected chi connectivity index (χ3v) is 4.30. The average Bonchev–Trinajstić information content (AvgIpc) is 2.56. The molecule has 0 aromatic rings. The molecule has 0 fully saturated rings. The van der Waals surface area contributed by atoms with Crippen molar-refractivity contribution < 1.29 is 4.79 Å². The Morgan fingerprint density at radius 3 is 1.62 bits per heavy atom. The highest BCUT2D eigenvalue weighted by Gasteiger charge is 1.93. The molecule has 0 aliphatic rings. The molecule has 0 aliphatic heterocycles. The van der Waals surface area contributed by atoms with Crippen LogP contribution in [-0.4, -0.2) is 5.24 Å². The van der Waals surface area contributed by atoms with Gasteiger partial charge in [0, 0.05) is 0 Å². The maximum Gasteiger partial charge on any atom is 0.245 e. The number of hydrogen-bond acceptors (Lipinski definition) is 1. The van der Waals surface area contributed by atoms with E-state index in [0.717, 1.165) is 6.42 Å². The van der Waals surface area contributed by atoms with Gasteiger partial charge in [-0.3, -0.25) is 4.79 Å². The van der Waals surface area contributed by atoms with Crippen LogP contribution in [0.2, 0.25) is 0 Å². The average molecular weight is 353 g/mol. The molecule has 0 radical (unpaired) electrons. The van der Waals surface area contributed by atoms with Crippen LogP contribution >= 0.6 is 11.6 Å². The number of carbonyl (C=O) groups is 1. The Labute approximate surface area is 155 Å². The highest BCUT2D eigenvalue weighted by atomic mass is 35.5. The standard InChI is InChI=1S/C22H37ClO/c1-2-3-4-5-6-7-8-9-10-11-12-13-14-15-16-17-18-19-20-21-22(23)24/h16-21H,2-15H2,1H3/b17-16+,19-18+,21-20+. The van der Waals surface area contributed by atoms with E-state index in [1.807, 2.05) is 18.2 Å². The van der Waals surface area contributed by atoms with Crippen LogP contribution in [0, 0.1) is 0 Å². The van der Waals surface area contributed by atoms with Crippen LogP contribution in [0.25, 0.3) is 0 Å². The Balaban J connectivity index is 3.18. The van der Waals surface area contributed by atoms with Gasteiger partial charge in [0.25, 0.3) is 0 Å². The fourth-order valence-corrected chi connectivity index (χ4v) is 2.79. The van der Waals surface area contributed by atoms with Gasteiger partial charge in [-0.15, -0.1) is 0 Å². The second kappa shape index (κ2) is 20.2. The van der Waals surface area contributed by atoms with E-state index in [1.54, 1.807) is 6.08 Å². The molecule has 138 valence electrons. The van der Waals surface area contributed by atoms with E-state index in [2.05, 4.69) is 13.0 Å². The van der Waals surface area contributed by atoms with Crippen molar-refractivity contribution in [3.8, 4) is 0 Å². The number of hydrogen-bond donors (Lipinski definition) is 0. The first kappa shape index (κ1) is 23.2. The van der Waals surface area contributed by atoms with E-state index in [-0.39, 0.29) is 0 Å². The van der Waals surface area contributed by atoms with Gasteiger partial charge < -0.3 is 0 Å². The zero-order valence-electron chi connectivity index (χ0n) is 15.6. The summed E-state index contributed by atoms with van der Waals surface area (Å²) in [5, 5.41) is -0.435. The third kappa shape index (κ3) is 21.2. The van der Waals surface area contributed by atoms with Crippen LogP contribution in [0.15, 0.2) is 36.5 Å². The van der Waals surface area contributed by atoms with Crippen molar-refractivity contribution in [2.45, 2.75) is 96.8 Å². The van der Waals surface area contributed by atoms with Crippen LogP contribution in [0.4, 0.5) is 0 Å². The van der Waals surface area contributed by atoms with Gasteiger partial charge in [-0.05, 0) is 30.5 Å². The molecule has 2 heteroatoms. The van der Waals surface area contributed by atoms with E-state index < -0.39 is 5.24 Å².